The van der Waals surface area contributed by atoms with Crippen molar-refractivity contribution in [2.24, 2.45) is 0 Å². The number of anilines is 1. The minimum atomic E-state index is -0.204. The highest BCUT2D eigenvalue weighted by Crippen LogP contribution is 2.24. The summed E-state index contributed by atoms with van der Waals surface area (Å²) < 4.78 is 1.62. The molecule has 0 bridgehead atoms. The second-order valence-electron chi connectivity index (χ2n) is 5.37. The van der Waals surface area contributed by atoms with E-state index >= 15 is 0 Å². The lowest BCUT2D eigenvalue weighted by atomic mass is 10.2. The maximum Gasteiger partial charge on any atom is 0.239 e. The summed E-state index contributed by atoms with van der Waals surface area (Å²) in [5, 5.41) is 27.9. The third-order valence-corrected chi connectivity index (χ3v) is 5.09. The van der Waals surface area contributed by atoms with Crippen molar-refractivity contribution in [1.29, 1.82) is 0 Å². The van der Waals surface area contributed by atoms with Gasteiger partial charge in [0, 0.05) is 16.5 Å². The van der Waals surface area contributed by atoms with Crippen molar-refractivity contribution in [3.05, 3.63) is 81.8 Å². The van der Waals surface area contributed by atoms with Gasteiger partial charge in [0.2, 0.25) is 5.70 Å². The topological polar surface area (TPSA) is 59.2 Å². The zero-order chi connectivity index (χ0) is 18.5. The van der Waals surface area contributed by atoms with E-state index in [2.05, 4.69) is 5.32 Å². The predicted octanol–water partition coefficient (Wildman–Crippen LogP) is 3.31. The van der Waals surface area contributed by atoms with Crippen LogP contribution in [0.4, 0.5) is 5.69 Å². The number of benzene rings is 1. The summed E-state index contributed by atoms with van der Waals surface area (Å²) >= 11 is 13.1. The Bertz CT molecular complexity index is 956. The van der Waals surface area contributed by atoms with Crippen molar-refractivity contribution in [3.63, 3.8) is 0 Å². The minimum absolute atomic E-state index is 0.133. The number of thiophene rings is 1. The maximum atomic E-state index is 13.1. The molecule has 3 aromatic rings. The molecule has 0 spiro atoms. The van der Waals surface area contributed by atoms with Crippen molar-refractivity contribution in [2.45, 2.75) is 6.61 Å². The molecule has 0 unspecified atom stereocenters. The summed E-state index contributed by atoms with van der Waals surface area (Å²) in [7, 11) is 0. The van der Waals surface area contributed by atoms with E-state index in [0.717, 1.165) is 0 Å². The van der Waals surface area contributed by atoms with Gasteiger partial charge in [0.05, 0.1) is 17.3 Å². The molecule has 0 aliphatic heterocycles. The summed E-state index contributed by atoms with van der Waals surface area (Å²) in [5.74, 6) is -0.204. The Labute approximate surface area is 165 Å². The van der Waals surface area contributed by atoms with Gasteiger partial charge in [-0.05, 0) is 35.4 Å². The normalized spacial score (nSPS) is 11.8. The quantitative estimate of drug-likeness (QED) is 0.297. The van der Waals surface area contributed by atoms with E-state index in [4.69, 9.17) is 23.8 Å². The molecule has 4 nitrogen and oxygen atoms in total. The van der Waals surface area contributed by atoms with Crippen molar-refractivity contribution >= 4 is 57.3 Å². The molecule has 0 aliphatic rings. The molecule has 2 N–H and O–H groups in total. The second kappa shape index (κ2) is 8.42. The number of aliphatic hydroxyl groups excluding tert-OH is 1. The maximum absolute atomic E-state index is 13.1. The first-order valence-electron chi connectivity index (χ1n) is 7.72. The highest BCUT2D eigenvalue weighted by Gasteiger charge is 2.20. The van der Waals surface area contributed by atoms with Crippen LogP contribution < -0.4 is 15.0 Å². The third kappa shape index (κ3) is 4.11. The van der Waals surface area contributed by atoms with Gasteiger partial charge >= 0.3 is 0 Å². The van der Waals surface area contributed by atoms with Crippen LogP contribution in [0, 0.1) is 0 Å². The number of rotatable bonds is 5. The Morgan fingerprint density at radius 2 is 2.00 bits per heavy atom. The fraction of sp³-hybridized carbons (Fsp3) is 0.0526. The Hall–Kier alpha value is -2.25. The fourth-order valence-electron chi connectivity index (χ4n) is 2.36. The number of nitrogens with zero attached hydrogens (tertiary/aromatic N) is 1. The number of pyridine rings is 1. The van der Waals surface area contributed by atoms with Crippen molar-refractivity contribution in [2.75, 3.05) is 5.32 Å². The van der Waals surface area contributed by atoms with Crippen LogP contribution in [-0.4, -0.2) is 10.1 Å². The average Bonchev–Trinajstić information content (AvgIpc) is 3.19. The Kier molecular flexibility index (Phi) is 6.00. The van der Waals surface area contributed by atoms with Crippen LogP contribution in [0.25, 0.3) is 11.5 Å². The Balaban J connectivity index is 2.07. The molecule has 2 aromatic heterocycles. The molecule has 132 valence electrons. The zero-order valence-corrected chi connectivity index (χ0v) is 15.9. The second-order valence-corrected chi connectivity index (χ2v) is 7.13. The number of nitrogens with one attached hydrogen (secondary N) is 1. The van der Waals surface area contributed by atoms with E-state index in [-0.39, 0.29) is 23.1 Å². The molecule has 0 amide bonds. The molecule has 2 heterocycles. The van der Waals surface area contributed by atoms with Crippen molar-refractivity contribution < 1.29 is 14.8 Å². The van der Waals surface area contributed by atoms with Crippen LogP contribution in [0.15, 0.2) is 66.3 Å². The molecule has 0 radical (unpaired) electrons. The van der Waals surface area contributed by atoms with Gasteiger partial charge in [-0.3, -0.25) is 0 Å². The number of thiocarbonyl (C=S) groups is 1. The highest BCUT2D eigenvalue weighted by molar-refractivity contribution is 7.81. The molecule has 0 saturated carbocycles. The number of aliphatic hydroxyl groups is 1. The molecule has 0 saturated heterocycles. The minimum Gasteiger partial charge on any atom is -0.867 e. The van der Waals surface area contributed by atoms with Crippen LogP contribution in [0.2, 0.25) is 5.02 Å². The molecule has 0 aliphatic carbocycles. The largest absolute Gasteiger partial charge is 0.867 e. The van der Waals surface area contributed by atoms with Crippen LogP contribution in [0.5, 0.6) is 0 Å². The molecule has 7 heteroatoms. The first-order chi connectivity index (χ1) is 12.6. The van der Waals surface area contributed by atoms with Gasteiger partial charge in [0.15, 0.2) is 17.4 Å². The van der Waals surface area contributed by atoms with E-state index in [1.54, 1.807) is 47.3 Å². The molecular formula is C19H15ClN2O2S2. The third-order valence-electron chi connectivity index (χ3n) is 3.60. The van der Waals surface area contributed by atoms with Crippen LogP contribution in [0.1, 0.15) is 10.4 Å². The van der Waals surface area contributed by atoms with Gasteiger partial charge in [-0.1, -0.05) is 42.0 Å². The van der Waals surface area contributed by atoms with Crippen molar-refractivity contribution in [1.82, 2.24) is 0 Å². The average molecular weight is 403 g/mol. The highest BCUT2D eigenvalue weighted by atomic mass is 35.5. The van der Waals surface area contributed by atoms with Crippen LogP contribution in [-0.2, 0) is 6.61 Å². The van der Waals surface area contributed by atoms with E-state index in [1.165, 1.54) is 11.3 Å². The van der Waals surface area contributed by atoms with E-state index in [9.17, 15) is 10.2 Å². The predicted molar refractivity (Wildman–Crippen MR) is 108 cm³/mol. The summed E-state index contributed by atoms with van der Waals surface area (Å²) in [6.07, 6.45) is 3.40. The zero-order valence-electron chi connectivity index (χ0n) is 13.6. The lowest BCUT2D eigenvalue weighted by molar-refractivity contribution is -0.578. The van der Waals surface area contributed by atoms with Gasteiger partial charge in [-0.2, -0.15) is 4.57 Å². The van der Waals surface area contributed by atoms with Gasteiger partial charge in [0.25, 0.3) is 0 Å². The summed E-state index contributed by atoms with van der Waals surface area (Å²) in [6, 6.07) is 14.3. The smallest absolute Gasteiger partial charge is 0.239 e. The molecule has 1 aromatic carbocycles. The number of aromatic nitrogens is 1. The summed E-state index contributed by atoms with van der Waals surface area (Å²) in [5.41, 5.74) is 1.58. The van der Waals surface area contributed by atoms with E-state index < -0.39 is 0 Å². The Morgan fingerprint density at radius 1 is 1.19 bits per heavy atom. The van der Waals surface area contributed by atoms with Crippen molar-refractivity contribution in [3.8, 4) is 0 Å². The molecule has 3 rings (SSSR count). The van der Waals surface area contributed by atoms with E-state index in [1.807, 2.05) is 23.6 Å². The Morgan fingerprint density at radius 3 is 2.69 bits per heavy atom. The number of hydrogen-bond acceptors (Lipinski definition) is 4. The van der Waals surface area contributed by atoms with Gasteiger partial charge in [-0.25, -0.2) is 0 Å². The van der Waals surface area contributed by atoms with E-state index in [0.29, 0.717) is 21.2 Å². The molecule has 0 atom stereocenters. The lowest BCUT2D eigenvalue weighted by Gasteiger charge is -2.16. The number of hydrogen-bond donors (Lipinski definition) is 2. The van der Waals surface area contributed by atoms with Gasteiger partial charge < -0.3 is 15.5 Å². The SMILES string of the molecule is [O-]C(=C(C(=S)Nc1ccccc1Cl)[n+]1cccc(CO)c1)c1cccs1. The fourth-order valence-corrected chi connectivity index (χ4v) is 3.52. The van der Waals surface area contributed by atoms with Crippen LogP contribution in [0.3, 0.4) is 0 Å². The van der Waals surface area contributed by atoms with Gasteiger partial charge in [0.1, 0.15) is 0 Å². The monoisotopic (exact) mass is 402 g/mol. The molecule has 0 fully saturated rings. The first-order valence-corrected chi connectivity index (χ1v) is 9.39. The molecule has 26 heavy (non-hydrogen) atoms. The van der Waals surface area contributed by atoms with Gasteiger partial charge in [-0.15, -0.1) is 11.3 Å². The summed E-state index contributed by atoms with van der Waals surface area (Å²) in [4.78, 5) is 0.821. The van der Waals surface area contributed by atoms with Crippen LogP contribution >= 0.6 is 35.2 Å². The summed E-state index contributed by atoms with van der Waals surface area (Å²) in [6.45, 7) is -0.133. The standard InChI is InChI=1S/C19H15ClN2O2S2/c20-14-6-1-2-7-15(14)21-19(25)17(18(24)16-8-4-10-26-16)22-9-3-5-13(11-22)12-23/h1-11,23H,12H2,(H-,21,24,25). The number of para-hydroxylation sites is 1. The molecular weight excluding hydrogens is 388 g/mol. The first kappa shape index (κ1) is 18.5. The lowest BCUT2D eigenvalue weighted by Crippen LogP contribution is -2.40. The number of halogens is 1.